The molecule has 1 aliphatic heterocycles. The number of benzene rings is 2. The van der Waals surface area contributed by atoms with Gasteiger partial charge < -0.3 is 19.3 Å². The number of halogens is 1. The number of carbonyl (C=O) groups is 2. The second kappa shape index (κ2) is 13.0. The normalized spacial score (nSPS) is 14.9. The van der Waals surface area contributed by atoms with Crippen LogP contribution in [0.2, 0.25) is 0 Å². The first-order valence-electron chi connectivity index (χ1n) is 13.0. The van der Waals surface area contributed by atoms with E-state index in [1.54, 1.807) is 18.4 Å². The Bertz CT molecular complexity index is 1210. The van der Waals surface area contributed by atoms with E-state index in [9.17, 15) is 14.0 Å². The standard InChI is InChI=1S/C30H35FN2O4S/c1-21(2)22-7-11-25(12-8-22)37-20-27-26-14-18-38-28(26)13-16-33(27)29(34)19-32(15-4-17-36-3)30(35)23-5-9-24(31)10-6-23/h5-12,14,18,21,27H,4,13,15-17,19-20H2,1-3H3/t27-/m1/s1. The molecule has 6 nitrogen and oxygen atoms in total. The molecule has 0 radical (unpaired) electrons. The van der Waals surface area contributed by atoms with E-state index in [-0.39, 0.29) is 24.4 Å². The van der Waals surface area contributed by atoms with Crippen molar-refractivity contribution in [1.29, 1.82) is 0 Å². The highest BCUT2D eigenvalue weighted by atomic mass is 32.1. The molecular formula is C30H35FN2O4S. The molecule has 1 aromatic heterocycles. The Morgan fingerprint density at radius 3 is 2.53 bits per heavy atom. The highest BCUT2D eigenvalue weighted by molar-refractivity contribution is 7.10. The molecule has 2 amide bonds. The number of rotatable bonds is 11. The zero-order valence-electron chi connectivity index (χ0n) is 22.2. The van der Waals surface area contributed by atoms with Crippen LogP contribution in [0.1, 0.15) is 58.6 Å². The SMILES string of the molecule is COCCCN(CC(=O)N1CCc2sccc2[C@H]1COc1ccc(C(C)C)cc1)C(=O)c1ccc(F)cc1. The second-order valence-corrected chi connectivity index (χ2v) is 10.8. The molecule has 0 saturated carbocycles. The molecule has 4 rings (SSSR count). The van der Waals surface area contributed by atoms with Crippen molar-refractivity contribution < 1.29 is 23.5 Å². The molecule has 0 unspecified atom stereocenters. The van der Waals surface area contributed by atoms with Gasteiger partial charge in [-0.15, -0.1) is 11.3 Å². The number of nitrogens with zero attached hydrogens (tertiary/aromatic N) is 2. The average Bonchev–Trinajstić information content (AvgIpc) is 3.40. The van der Waals surface area contributed by atoms with Gasteiger partial charge in [0.05, 0.1) is 6.04 Å². The fourth-order valence-corrected chi connectivity index (χ4v) is 5.61. The van der Waals surface area contributed by atoms with E-state index in [1.165, 1.54) is 39.6 Å². The largest absolute Gasteiger partial charge is 0.491 e. The molecule has 2 aromatic carbocycles. The second-order valence-electron chi connectivity index (χ2n) is 9.77. The Morgan fingerprint density at radius 2 is 1.84 bits per heavy atom. The molecule has 0 N–H and O–H groups in total. The van der Waals surface area contributed by atoms with Crippen LogP contribution < -0.4 is 4.74 Å². The molecule has 0 aliphatic carbocycles. The quantitative estimate of drug-likeness (QED) is 0.294. The summed E-state index contributed by atoms with van der Waals surface area (Å²) in [6, 6.07) is 15.3. The molecule has 0 fully saturated rings. The number of hydrogen-bond donors (Lipinski definition) is 0. The van der Waals surface area contributed by atoms with Gasteiger partial charge in [-0.3, -0.25) is 9.59 Å². The molecular weight excluding hydrogens is 503 g/mol. The van der Waals surface area contributed by atoms with Gasteiger partial charge in [-0.1, -0.05) is 26.0 Å². The summed E-state index contributed by atoms with van der Waals surface area (Å²) in [5.74, 6) is 0.342. The fourth-order valence-electron chi connectivity index (χ4n) is 4.68. The fraction of sp³-hybridized carbons (Fsp3) is 0.400. The van der Waals surface area contributed by atoms with Crippen molar-refractivity contribution in [1.82, 2.24) is 9.80 Å². The zero-order chi connectivity index (χ0) is 27.1. The molecule has 0 saturated heterocycles. The number of fused-ring (bicyclic) bond motifs is 1. The Hall–Kier alpha value is -3.23. The monoisotopic (exact) mass is 538 g/mol. The van der Waals surface area contributed by atoms with Crippen LogP contribution in [0.15, 0.2) is 60.0 Å². The van der Waals surface area contributed by atoms with Crippen LogP contribution in [-0.2, 0) is 16.0 Å². The van der Waals surface area contributed by atoms with Gasteiger partial charge in [0.2, 0.25) is 5.91 Å². The third-order valence-electron chi connectivity index (χ3n) is 6.85. The van der Waals surface area contributed by atoms with Crippen LogP contribution in [-0.4, -0.2) is 61.6 Å². The van der Waals surface area contributed by atoms with Gasteiger partial charge in [0, 0.05) is 37.2 Å². The van der Waals surface area contributed by atoms with Crippen molar-refractivity contribution in [3.63, 3.8) is 0 Å². The van der Waals surface area contributed by atoms with E-state index >= 15 is 0 Å². The van der Waals surface area contributed by atoms with E-state index in [1.807, 2.05) is 17.0 Å². The number of amides is 2. The average molecular weight is 539 g/mol. The van der Waals surface area contributed by atoms with Gasteiger partial charge in [-0.25, -0.2) is 4.39 Å². The Morgan fingerprint density at radius 1 is 1.11 bits per heavy atom. The maximum Gasteiger partial charge on any atom is 0.254 e. The number of methoxy groups -OCH3 is 1. The van der Waals surface area contributed by atoms with Crippen LogP contribution in [0.5, 0.6) is 5.75 Å². The van der Waals surface area contributed by atoms with E-state index in [0.29, 0.717) is 44.2 Å². The smallest absolute Gasteiger partial charge is 0.254 e. The first kappa shape index (κ1) is 27.8. The van der Waals surface area contributed by atoms with Crippen molar-refractivity contribution in [2.75, 3.05) is 40.0 Å². The van der Waals surface area contributed by atoms with Gasteiger partial charge in [0.25, 0.3) is 5.91 Å². The summed E-state index contributed by atoms with van der Waals surface area (Å²) < 4.78 is 24.8. The lowest BCUT2D eigenvalue weighted by atomic mass is 10.00. The van der Waals surface area contributed by atoms with Crippen molar-refractivity contribution in [2.45, 2.75) is 38.6 Å². The summed E-state index contributed by atoms with van der Waals surface area (Å²) in [6.45, 7) is 5.94. The topological polar surface area (TPSA) is 59.1 Å². The predicted octanol–water partition coefficient (Wildman–Crippen LogP) is 5.69. The highest BCUT2D eigenvalue weighted by Crippen LogP contribution is 2.34. The molecule has 2 heterocycles. The third kappa shape index (κ3) is 6.79. The molecule has 1 aliphatic rings. The van der Waals surface area contributed by atoms with Crippen molar-refractivity contribution in [2.24, 2.45) is 0 Å². The molecule has 38 heavy (non-hydrogen) atoms. The molecule has 202 valence electrons. The maximum atomic E-state index is 13.7. The van der Waals surface area contributed by atoms with Crippen molar-refractivity contribution in [3.8, 4) is 5.75 Å². The summed E-state index contributed by atoms with van der Waals surface area (Å²) in [4.78, 5) is 31.6. The van der Waals surface area contributed by atoms with E-state index in [0.717, 1.165) is 17.7 Å². The lowest BCUT2D eigenvalue weighted by molar-refractivity contribution is -0.135. The highest BCUT2D eigenvalue weighted by Gasteiger charge is 2.33. The van der Waals surface area contributed by atoms with Crippen LogP contribution >= 0.6 is 11.3 Å². The Balaban J connectivity index is 1.50. The first-order chi connectivity index (χ1) is 18.4. The van der Waals surface area contributed by atoms with E-state index in [4.69, 9.17) is 9.47 Å². The van der Waals surface area contributed by atoms with Crippen LogP contribution in [0.3, 0.4) is 0 Å². The Kier molecular flexibility index (Phi) is 9.53. The number of carbonyl (C=O) groups excluding carboxylic acids is 2. The number of hydrogen-bond acceptors (Lipinski definition) is 5. The summed E-state index contributed by atoms with van der Waals surface area (Å²) >= 11 is 1.70. The summed E-state index contributed by atoms with van der Waals surface area (Å²) in [5, 5.41) is 2.05. The summed E-state index contributed by atoms with van der Waals surface area (Å²) in [6.07, 6.45) is 1.36. The summed E-state index contributed by atoms with van der Waals surface area (Å²) in [7, 11) is 1.60. The minimum Gasteiger partial charge on any atom is -0.491 e. The molecule has 8 heteroatoms. The predicted molar refractivity (Wildman–Crippen MR) is 147 cm³/mol. The van der Waals surface area contributed by atoms with Gasteiger partial charge >= 0.3 is 0 Å². The van der Waals surface area contributed by atoms with E-state index in [2.05, 4.69) is 37.4 Å². The van der Waals surface area contributed by atoms with Crippen LogP contribution in [0.25, 0.3) is 0 Å². The minimum atomic E-state index is -0.412. The molecule has 0 bridgehead atoms. The van der Waals surface area contributed by atoms with Crippen LogP contribution in [0, 0.1) is 5.82 Å². The summed E-state index contributed by atoms with van der Waals surface area (Å²) in [5.41, 5.74) is 2.69. The van der Waals surface area contributed by atoms with Gasteiger partial charge in [-0.05, 0) is 77.7 Å². The lowest BCUT2D eigenvalue weighted by Gasteiger charge is -2.37. The lowest BCUT2D eigenvalue weighted by Crippen LogP contribution is -2.48. The van der Waals surface area contributed by atoms with E-state index < -0.39 is 5.82 Å². The molecule has 1 atom stereocenters. The van der Waals surface area contributed by atoms with Gasteiger partial charge in [-0.2, -0.15) is 0 Å². The van der Waals surface area contributed by atoms with Crippen molar-refractivity contribution in [3.05, 3.63) is 87.4 Å². The number of ether oxygens (including phenoxy) is 2. The number of thiophene rings is 1. The van der Waals surface area contributed by atoms with Crippen LogP contribution in [0.4, 0.5) is 4.39 Å². The Labute approximate surface area is 228 Å². The maximum absolute atomic E-state index is 13.7. The molecule has 0 spiro atoms. The molecule has 3 aromatic rings. The van der Waals surface area contributed by atoms with Gasteiger partial charge in [0.15, 0.2) is 0 Å². The zero-order valence-corrected chi connectivity index (χ0v) is 23.0. The third-order valence-corrected chi connectivity index (χ3v) is 7.85. The minimum absolute atomic E-state index is 0.0705. The van der Waals surface area contributed by atoms with Gasteiger partial charge in [0.1, 0.15) is 24.7 Å². The first-order valence-corrected chi connectivity index (χ1v) is 13.9. The van der Waals surface area contributed by atoms with Crippen molar-refractivity contribution >= 4 is 23.2 Å².